The van der Waals surface area contributed by atoms with Gasteiger partial charge in [0.1, 0.15) is 5.01 Å². The molecule has 154 valence electrons. The van der Waals surface area contributed by atoms with E-state index in [1.54, 1.807) is 42.7 Å². The maximum absolute atomic E-state index is 13.1. The van der Waals surface area contributed by atoms with Gasteiger partial charge in [-0.05, 0) is 49.2 Å². The summed E-state index contributed by atoms with van der Waals surface area (Å²) in [5.74, 6) is -0.462. The molecule has 0 atom stereocenters. The second-order valence-corrected chi connectivity index (χ2v) is 8.16. The van der Waals surface area contributed by atoms with Crippen molar-refractivity contribution in [1.82, 2.24) is 15.3 Å². The van der Waals surface area contributed by atoms with Crippen molar-refractivity contribution in [3.63, 3.8) is 0 Å². The van der Waals surface area contributed by atoms with Gasteiger partial charge >= 0.3 is 0 Å². The normalized spacial score (nSPS) is 10.6. The molecule has 6 heteroatoms. The number of rotatable bonds is 6. The topological polar surface area (TPSA) is 72.0 Å². The van der Waals surface area contributed by atoms with Gasteiger partial charge < -0.3 is 5.32 Å². The van der Waals surface area contributed by atoms with Gasteiger partial charge in [-0.3, -0.25) is 14.6 Å². The fourth-order valence-corrected chi connectivity index (χ4v) is 3.96. The third kappa shape index (κ3) is 4.59. The van der Waals surface area contributed by atoms with Gasteiger partial charge in [-0.25, -0.2) is 4.98 Å². The molecule has 0 fully saturated rings. The van der Waals surface area contributed by atoms with Crippen LogP contribution >= 0.6 is 11.3 Å². The summed E-state index contributed by atoms with van der Waals surface area (Å²) in [5.41, 5.74) is 5.32. The first-order valence-electron chi connectivity index (χ1n) is 9.87. The van der Waals surface area contributed by atoms with E-state index in [0.29, 0.717) is 23.2 Å². The van der Waals surface area contributed by atoms with Gasteiger partial charge in [-0.15, -0.1) is 11.3 Å². The van der Waals surface area contributed by atoms with Crippen molar-refractivity contribution >= 4 is 23.0 Å². The highest BCUT2D eigenvalue weighted by Crippen LogP contribution is 2.21. The van der Waals surface area contributed by atoms with Crippen molar-refractivity contribution < 1.29 is 9.59 Å². The molecule has 0 aliphatic carbocycles. The van der Waals surface area contributed by atoms with Crippen molar-refractivity contribution in [1.29, 1.82) is 0 Å². The number of nitrogens with zero attached hydrogens (tertiary/aromatic N) is 2. The van der Waals surface area contributed by atoms with E-state index in [4.69, 9.17) is 0 Å². The van der Waals surface area contributed by atoms with Crippen LogP contribution in [0.25, 0.3) is 11.3 Å². The number of ketones is 1. The average molecular weight is 428 g/mol. The number of thiazole rings is 1. The molecule has 0 aliphatic heterocycles. The quantitative estimate of drug-likeness (QED) is 0.440. The van der Waals surface area contributed by atoms with Gasteiger partial charge in [0, 0.05) is 34.5 Å². The lowest BCUT2D eigenvalue weighted by atomic mass is 9.95. The molecular weight excluding hydrogens is 406 g/mol. The molecule has 0 spiro atoms. The number of carbonyl (C=O) groups excluding carboxylic acids is 2. The molecule has 0 bridgehead atoms. The summed E-state index contributed by atoms with van der Waals surface area (Å²) in [6.45, 7) is 4.27. The standard InChI is InChI=1S/C25H21N3O2S/c1-16-7-8-19(13-17(16)2)24(29)20-5-3-4-6-21(20)25(30)27-14-23-28-22(15-31-23)18-9-11-26-12-10-18/h3-13,15H,14H2,1-2H3,(H,27,30). The Morgan fingerprint density at radius 1 is 0.935 bits per heavy atom. The fourth-order valence-electron chi connectivity index (χ4n) is 3.22. The summed E-state index contributed by atoms with van der Waals surface area (Å²) in [5, 5.41) is 5.63. The second-order valence-electron chi connectivity index (χ2n) is 7.22. The van der Waals surface area contributed by atoms with Crippen LogP contribution in [0.5, 0.6) is 0 Å². The Balaban J connectivity index is 1.50. The Labute approximate surface area is 184 Å². The molecule has 0 aliphatic rings. The molecular formula is C25H21N3O2S. The number of hydrogen-bond donors (Lipinski definition) is 1. The zero-order valence-corrected chi connectivity index (χ0v) is 18.1. The Bertz CT molecular complexity index is 1250. The Kier molecular flexibility index (Phi) is 6.00. The van der Waals surface area contributed by atoms with Gasteiger partial charge in [0.25, 0.3) is 5.91 Å². The smallest absolute Gasteiger partial charge is 0.252 e. The first-order chi connectivity index (χ1) is 15.0. The fraction of sp³-hybridized carbons (Fsp3) is 0.120. The zero-order chi connectivity index (χ0) is 21.8. The maximum atomic E-state index is 13.1. The van der Waals surface area contributed by atoms with Gasteiger partial charge in [-0.1, -0.05) is 30.3 Å². The van der Waals surface area contributed by atoms with Gasteiger partial charge in [0.2, 0.25) is 0 Å². The zero-order valence-electron chi connectivity index (χ0n) is 17.3. The number of pyridine rings is 1. The maximum Gasteiger partial charge on any atom is 0.252 e. The van der Waals surface area contributed by atoms with E-state index in [2.05, 4.69) is 15.3 Å². The number of carbonyl (C=O) groups is 2. The highest BCUT2D eigenvalue weighted by Gasteiger charge is 2.18. The van der Waals surface area contributed by atoms with E-state index >= 15 is 0 Å². The van der Waals surface area contributed by atoms with Crippen LogP contribution < -0.4 is 5.32 Å². The van der Waals surface area contributed by atoms with E-state index in [0.717, 1.165) is 27.4 Å². The summed E-state index contributed by atoms with van der Waals surface area (Å²) < 4.78 is 0. The van der Waals surface area contributed by atoms with Crippen LogP contribution in [0.3, 0.4) is 0 Å². The Morgan fingerprint density at radius 2 is 1.68 bits per heavy atom. The Morgan fingerprint density at radius 3 is 2.42 bits per heavy atom. The van der Waals surface area contributed by atoms with Crippen LogP contribution in [-0.2, 0) is 6.54 Å². The summed E-state index contributed by atoms with van der Waals surface area (Å²) in [4.78, 5) is 34.5. The molecule has 5 nitrogen and oxygen atoms in total. The molecule has 0 saturated heterocycles. The second kappa shape index (κ2) is 9.02. The van der Waals surface area contributed by atoms with Crippen LogP contribution in [0, 0.1) is 13.8 Å². The lowest BCUT2D eigenvalue weighted by molar-refractivity contribution is 0.0939. The summed E-state index contributed by atoms with van der Waals surface area (Å²) in [6, 6.07) is 16.3. The number of aromatic nitrogens is 2. The Hall–Kier alpha value is -3.64. The predicted octanol–water partition coefficient (Wildman–Crippen LogP) is 4.98. The van der Waals surface area contributed by atoms with E-state index in [1.165, 1.54) is 11.3 Å². The van der Waals surface area contributed by atoms with Crippen molar-refractivity contribution in [3.05, 3.63) is 105 Å². The number of aryl methyl sites for hydroxylation is 2. The number of benzene rings is 2. The minimum atomic E-state index is -0.298. The van der Waals surface area contributed by atoms with E-state index in [-0.39, 0.29) is 11.7 Å². The van der Waals surface area contributed by atoms with Crippen molar-refractivity contribution in [3.8, 4) is 11.3 Å². The first kappa shape index (κ1) is 20.6. The summed E-state index contributed by atoms with van der Waals surface area (Å²) >= 11 is 1.48. The molecule has 31 heavy (non-hydrogen) atoms. The van der Waals surface area contributed by atoms with E-state index in [1.807, 2.05) is 43.5 Å². The molecule has 1 amide bonds. The summed E-state index contributed by atoms with van der Waals surface area (Å²) in [6.07, 6.45) is 3.44. The number of hydrogen-bond acceptors (Lipinski definition) is 5. The molecule has 4 rings (SSSR count). The molecule has 4 aromatic rings. The van der Waals surface area contributed by atoms with E-state index < -0.39 is 0 Å². The molecule has 2 aromatic heterocycles. The lowest BCUT2D eigenvalue weighted by Gasteiger charge is -2.10. The molecule has 0 unspecified atom stereocenters. The highest BCUT2D eigenvalue weighted by molar-refractivity contribution is 7.09. The van der Waals surface area contributed by atoms with Crippen LogP contribution in [0.4, 0.5) is 0 Å². The minimum absolute atomic E-state index is 0.164. The van der Waals surface area contributed by atoms with Crippen LogP contribution in [0.1, 0.15) is 42.4 Å². The van der Waals surface area contributed by atoms with Crippen LogP contribution in [0.15, 0.2) is 72.4 Å². The molecule has 0 saturated carbocycles. The molecule has 0 radical (unpaired) electrons. The molecule has 2 heterocycles. The number of nitrogens with one attached hydrogen (secondary N) is 1. The SMILES string of the molecule is Cc1ccc(C(=O)c2ccccc2C(=O)NCc2nc(-c3ccncc3)cs2)cc1C. The lowest BCUT2D eigenvalue weighted by Crippen LogP contribution is -2.25. The minimum Gasteiger partial charge on any atom is -0.346 e. The highest BCUT2D eigenvalue weighted by atomic mass is 32.1. The number of amides is 1. The summed E-state index contributed by atoms with van der Waals surface area (Å²) in [7, 11) is 0. The monoisotopic (exact) mass is 427 g/mol. The van der Waals surface area contributed by atoms with Gasteiger partial charge in [0.05, 0.1) is 17.8 Å². The van der Waals surface area contributed by atoms with Gasteiger partial charge in [0.15, 0.2) is 5.78 Å². The first-order valence-corrected chi connectivity index (χ1v) is 10.7. The third-order valence-corrected chi connectivity index (χ3v) is 5.96. The van der Waals surface area contributed by atoms with Crippen molar-refractivity contribution in [2.45, 2.75) is 20.4 Å². The van der Waals surface area contributed by atoms with Crippen molar-refractivity contribution in [2.24, 2.45) is 0 Å². The van der Waals surface area contributed by atoms with E-state index in [9.17, 15) is 9.59 Å². The molecule has 2 aromatic carbocycles. The third-order valence-electron chi connectivity index (χ3n) is 5.11. The van der Waals surface area contributed by atoms with Gasteiger partial charge in [-0.2, -0.15) is 0 Å². The van der Waals surface area contributed by atoms with Crippen LogP contribution in [0.2, 0.25) is 0 Å². The largest absolute Gasteiger partial charge is 0.346 e. The molecule has 1 N–H and O–H groups in total. The van der Waals surface area contributed by atoms with Crippen LogP contribution in [-0.4, -0.2) is 21.7 Å². The average Bonchev–Trinajstić information content (AvgIpc) is 3.28. The van der Waals surface area contributed by atoms with Crippen molar-refractivity contribution in [2.75, 3.05) is 0 Å². The predicted molar refractivity (Wildman–Crippen MR) is 122 cm³/mol.